The summed E-state index contributed by atoms with van der Waals surface area (Å²) in [6.07, 6.45) is 2.03. The van der Waals surface area contributed by atoms with E-state index in [9.17, 15) is 4.79 Å². The number of halogens is 2. The second kappa shape index (κ2) is 8.85. The highest BCUT2D eigenvalue weighted by Gasteiger charge is 2.37. The number of aromatic nitrogens is 3. The molecule has 3 aromatic rings. The third kappa shape index (κ3) is 3.67. The summed E-state index contributed by atoms with van der Waals surface area (Å²) in [6.45, 7) is 0. The molecule has 1 atom stereocenters. The van der Waals surface area contributed by atoms with Crippen molar-refractivity contribution in [3.63, 3.8) is 0 Å². The molecule has 5 rings (SSSR count). The number of allylic oxidation sites excluding steroid dienone is 2. The van der Waals surface area contributed by atoms with E-state index in [0.717, 1.165) is 24.1 Å². The summed E-state index contributed by atoms with van der Waals surface area (Å²) in [5.41, 5.74) is 3.03. The van der Waals surface area contributed by atoms with Gasteiger partial charge >= 0.3 is 0 Å². The van der Waals surface area contributed by atoms with E-state index in [4.69, 9.17) is 47.5 Å². The number of methoxy groups -OCH3 is 3. The Kier molecular flexibility index (Phi) is 5.87. The summed E-state index contributed by atoms with van der Waals surface area (Å²) in [7, 11) is 4.66. The molecule has 0 bridgehead atoms. The van der Waals surface area contributed by atoms with Gasteiger partial charge in [-0.15, -0.1) is 5.10 Å². The molecule has 2 aromatic carbocycles. The molecule has 1 unspecified atom stereocenters. The minimum absolute atomic E-state index is 0.0836. The first-order valence-corrected chi connectivity index (χ1v) is 11.5. The number of rotatable bonds is 5. The van der Waals surface area contributed by atoms with Gasteiger partial charge in [-0.2, -0.15) is 4.98 Å². The second-order valence-corrected chi connectivity index (χ2v) is 8.80. The van der Waals surface area contributed by atoms with Crippen molar-refractivity contribution in [1.82, 2.24) is 14.8 Å². The van der Waals surface area contributed by atoms with Crippen LogP contribution in [0.4, 0.5) is 5.95 Å². The van der Waals surface area contributed by atoms with Gasteiger partial charge in [-0.25, -0.2) is 4.68 Å². The molecule has 2 aliphatic rings. The number of nitrogens with zero attached hydrogens (tertiary/aromatic N) is 3. The number of ketones is 1. The van der Waals surface area contributed by atoms with E-state index in [1.165, 1.54) is 0 Å². The fraction of sp³-hybridized carbons (Fsp3) is 0.292. The standard InChI is InChI=1S/C24H22Cl2N4O4/c1-32-18-10-13(11-19(33-2)22(18)34-3)23-28-24-27-16-5-4-6-17(31)20(16)21(30(24)29-23)12-7-8-14(25)15(26)9-12/h7-11,21H,4-6H2,1-3H3,(H,27,28,29). The molecule has 0 amide bonds. The average Bonchev–Trinajstić information content (AvgIpc) is 3.27. The number of anilines is 1. The molecule has 0 radical (unpaired) electrons. The van der Waals surface area contributed by atoms with Crippen molar-refractivity contribution in [3.05, 3.63) is 57.2 Å². The van der Waals surface area contributed by atoms with Crippen molar-refractivity contribution in [2.24, 2.45) is 0 Å². The van der Waals surface area contributed by atoms with Crippen molar-refractivity contribution in [1.29, 1.82) is 0 Å². The number of benzene rings is 2. The van der Waals surface area contributed by atoms with Gasteiger partial charge in [0, 0.05) is 23.3 Å². The fourth-order valence-corrected chi connectivity index (χ4v) is 4.79. The van der Waals surface area contributed by atoms with Gasteiger partial charge in [0.05, 0.1) is 31.4 Å². The molecule has 1 aromatic heterocycles. The Bertz CT molecular complexity index is 1310. The highest BCUT2D eigenvalue weighted by atomic mass is 35.5. The number of hydrogen-bond acceptors (Lipinski definition) is 7. The lowest BCUT2D eigenvalue weighted by atomic mass is 9.85. The van der Waals surface area contributed by atoms with Gasteiger partial charge in [-0.1, -0.05) is 29.3 Å². The highest BCUT2D eigenvalue weighted by Crippen LogP contribution is 2.44. The molecule has 0 saturated carbocycles. The summed E-state index contributed by atoms with van der Waals surface area (Å²) < 4.78 is 18.1. The Labute approximate surface area is 206 Å². The maximum Gasteiger partial charge on any atom is 0.226 e. The van der Waals surface area contributed by atoms with E-state index in [-0.39, 0.29) is 5.78 Å². The minimum Gasteiger partial charge on any atom is -0.493 e. The third-order valence-electron chi connectivity index (χ3n) is 6.05. The predicted octanol–water partition coefficient (Wildman–Crippen LogP) is 5.30. The molecular formula is C24H22Cl2N4O4. The number of Topliss-reactive ketones (excluding diaryl/α,β-unsaturated/α-hetero) is 1. The molecule has 0 saturated heterocycles. The number of fused-ring (bicyclic) bond motifs is 1. The highest BCUT2D eigenvalue weighted by molar-refractivity contribution is 6.42. The largest absolute Gasteiger partial charge is 0.493 e. The monoisotopic (exact) mass is 500 g/mol. The Morgan fingerprint density at radius 3 is 2.38 bits per heavy atom. The molecule has 176 valence electrons. The van der Waals surface area contributed by atoms with Crippen LogP contribution in [0.1, 0.15) is 30.9 Å². The van der Waals surface area contributed by atoms with E-state index in [1.54, 1.807) is 50.3 Å². The number of nitrogens with one attached hydrogen (secondary N) is 1. The van der Waals surface area contributed by atoms with E-state index in [0.29, 0.717) is 56.6 Å². The Balaban J connectivity index is 1.67. The van der Waals surface area contributed by atoms with Crippen LogP contribution < -0.4 is 19.5 Å². The van der Waals surface area contributed by atoms with Crippen LogP contribution in [0.15, 0.2) is 41.6 Å². The van der Waals surface area contributed by atoms with Crippen LogP contribution in [0, 0.1) is 0 Å². The normalized spacial score (nSPS) is 17.1. The molecule has 1 N–H and O–H groups in total. The van der Waals surface area contributed by atoms with Crippen molar-refractivity contribution >= 4 is 34.9 Å². The smallest absolute Gasteiger partial charge is 0.226 e. The first-order chi connectivity index (χ1) is 16.4. The Hall–Kier alpha value is -3.23. The lowest BCUT2D eigenvalue weighted by molar-refractivity contribution is -0.116. The van der Waals surface area contributed by atoms with Crippen LogP contribution >= 0.6 is 23.2 Å². The fourth-order valence-electron chi connectivity index (χ4n) is 4.48. The van der Waals surface area contributed by atoms with Crippen LogP contribution in [-0.4, -0.2) is 41.9 Å². The molecular weight excluding hydrogens is 479 g/mol. The number of carbonyl (C=O) groups excluding carboxylic acids is 1. The summed E-state index contributed by atoms with van der Waals surface area (Å²) >= 11 is 12.5. The first-order valence-electron chi connectivity index (χ1n) is 10.7. The maximum absolute atomic E-state index is 13.0. The predicted molar refractivity (Wildman–Crippen MR) is 129 cm³/mol. The van der Waals surface area contributed by atoms with Gasteiger partial charge in [0.1, 0.15) is 6.04 Å². The van der Waals surface area contributed by atoms with Crippen molar-refractivity contribution in [2.75, 3.05) is 26.6 Å². The van der Waals surface area contributed by atoms with Crippen LogP contribution in [0.3, 0.4) is 0 Å². The van der Waals surface area contributed by atoms with Gasteiger partial charge in [0.15, 0.2) is 23.1 Å². The number of carbonyl (C=O) groups is 1. The lowest BCUT2D eigenvalue weighted by Gasteiger charge is -2.32. The minimum atomic E-state index is -0.475. The molecule has 1 aliphatic carbocycles. The SMILES string of the molecule is COc1cc(-c2nc3n(n2)C(c2ccc(Cl)c(Cl)c2)C2=C(CCCC2=O)N3)cc(OC)c1OC. The molecule has 0 spiro atoms. The summed E-state index contributed by atoms with van der Waals surface area (Å²) in [5.74, 6) is 2.53. The summed E-state index contributed by atoms with van der Waals surface area (Å²) in [6, 6.07) is 8.46. The number of ether oxygens (including phenoxy) is 3. The van der Waals surface area contributed by atoms with E-state index >= 15 is 0 Å². The van der Waals surface area contributed by atoms with Crippen LogP contribution in [0.25, 0.3) is 11.4 Å². The topological polar surface area (TPSA) is 87.5 Å². The zero-order valence-electron chi connectivity index (χ0n) is 18.8. The summed E-state index contributed by atoms with van der Waals surface area (Å²) in [4.78, 5) is 17.8. The second-order valence-electron chi connectivity index (χ2n) is 7.99. The van der Waals surface area contributed by atoms with Crippen LogP contribution in [0.5, 0.6) is 17.2 Å². The van der Waals surface area contributed by atoms with E-state index in [2.05, 4.69) is 5.32 Å². The lowest BCUT2D eigenvalue weighted by Crippen LogP contribution is -2.31. The molecule has 2 heterocycles. The molecule has 8 nitrogen and oxygen atoms in total. The Morgan fingerprint density at radius 1 is 1.00 bits per heavy atom. The Morgan fingerprint density at radius 2 is 1.74 bits per heavy atom. The van der Waals surface area contributed by atoms with Crippen LogP contribution in [0.2, 0.25) is 10.0 Å². The molecule has 1 aliphatic heterocycles. The zero-order chi connectivity index (χ0) is 24.0. The molecule has 34 heavy (non-hydrogen) atoms. The van der Waals surface area contributed by atoms with Gasteiger partial charge in [0.25, 0.3) is 0 Å². The third-order valence-corrected chi connectivity index (χ3v) is 6.79. The van der Waals surface area contributed by atoms with E-state index in [1.807, 2.05) is 6.07 Å². The first kappa shape index (κ1) is 22.6. The van der Waals surface area contributed by atoms with Gasteiger partial charge in [-0.3, -0.25) is 4.79 Å². The van der Waals surface area contributed by atoms with Gasteiger partial charge in [-0.05, 0) is 42.7 Å². The summed E-state index contributed by atoms with van der Waals surface area (Å²) in [5, 5.41) is 8.97. The average molecular weight is 501 g/mol. The van der Waals surface area contributed by atoms with Crippen molar-refractivity contribution in [3.8, 4) is 28.6 Å². The molecule has 0 fully saturated rings. The van der Waals surface area contributed by atoms with Gasteiger partial charge in [0.2, 0.25) is 11.7 Å². The van der Waals surface area contributed by atoms with Crippen molar-refractivity contribution < 1.29 is 19.0 Å². The number of hydrogen-bond donors (Lipinski definition) is 1. The van der Waals surface area contributed by atoms with Gasteiger partial charge < -0.3 is 19.5 Å². The van der Waals surface area contributed by atoms with Crippen molar-refractivity contribution in [2.45, 2.75) is 25.3 Å². The molecule has 10 heteroatoms. The zero-order valence-corrected chi connectivity index (χ0v) is 20.3. The van der Waals surface area contributed by atoms with Crippen LogP contribution in [-0.2, 0) is 4.79 Å². The quantitative estimate of drug-likeness (QED) is 0.508. The maximum atomic E-state index is 13.0. The van der Waals surface area contributed by atoms with E-state index < -0.39 is 6.04 Å².